The van der Waals surface area contributed by atoms with Crippen molar-refractivity contribution >= 4 is 35.8 Å². The molecule has 0 saturated heterocycles. The topological polar surface area (TPSA) is 84.0 Å². The van der Waals surface area contributed by atoms with Gasteiger partial charge in [0, 0.05) is 19.6 Å². The predicted molar refractivity (Wildman–Crippen MR) is 136 cm³/mol. The van der Waals surface area contributed by atoms with Crippen LogP contribution in [0.2, 0.25) is 0 Å². The molecule has 0 atom stereocenters. The third-order valence-electron chi connectivity index (χ3n) is 4.32. The van der Waals surface area contributed by atoms with E-state index in [-0.39, 0.29) is 42.3 Å². The molecule has 3 N–H and O–H groups in total. The molecule has 32 heavy (non-hydrogen) atoms. The van der Waals surface area contributed by atoms with Crippen LogP contribution in [-0.2, 0) is 17.8 Å². The average Bonchev–Trinajstić information content (AvgIpc) is 2.76. The van der Waals surface area contributed by atoms with E-state index in [0.717, 1.165) is 17.7 Å². The van der Waals surface area contributed by atoms with Crippen molar-refractivity contribution in [1.82, 2.24) is 16.0 Å². The number of nitrogens with one attached hydrogen (secondary N) is 3. The van der Waals surface area contributed by atoms with Gasteiger partial charge in [-0.25, -0.2) is 9.38 Å². The van der Waals surface area contributed by atoms with Gasteiger partial charge in [0.25, 0.3) is 5.91 Å². The first kappa shape index (κ1) is 27.5. The van der Waals surface area contributed by atoms with Crippen LogP contribution in [0.25, 0.3) is 0 Å². The maximum absolute atomic E-state index is 13.3. The second-order valence-electron chi connectivity index (χ2n) is 6.73. The second kappa shape index (κ2) is 15.3. The van der Waals surface area contributed by atoms with Crippen LogP contribution in [0.15, 0.2) is 47.5 Å². The number of ether oxygens (including phenoxy) is 2. The molecule has 0 unspecified atom stereocenters. The zero-order valence-electron chi connectivity index (χ0n) is 18.7. The minimum absolute atomic E-state index is 0. The number of methoxy groups -OCH3 is 1. The lowest BCUT2D eigenvalue weighted by Crippen LogP contribution is -2.38. The van der Waals surface area contributed by atoms with Crippen LogP contribution in [0.5, 0.6) is 11.5 Å². The third-order valence-corrected chi connectivity index (χ3v) is 4.32. The fourth-order valence-corrected chi connectivity index (χ4v) is 2.85. The minimum Gasteiger partial charge on any atom is -0.493 e. The monoisotopic (exact) mass is 558 g/mol. The van der Waals surface area contributed by atoms with Gasteiger partial charge in [0.2, 0.25) is 0 Å². The molecule has 0 fully saturated rings. The van der Waals surface area contributed by atoms with Crippen molar-refractivity contribution in [3.63, 3.8) is 0 Å². The highest BCUT2D eigenvalue weighted by Gasteiger charge is 2.08. The first-order valence-corrected chi connectivity index (χ1v) is 10.4. The van der Waals surface area contributed by atoms with Gasteiger partial charge in [-0.1, -0.05) is 18.2 Å². The van der Waals surface area contributed by atoms with E-state index in [4.69, 9.17) is 9.47 Å². The lowest BCUT2D eigenvalue weighted by atomic mass is 10.1. The van der Waals surface area contributed by atoms with Crippen LogP contribution in [0, 0.1) is 5.82 Å². The lowest BCUT2D eigenvalue weighted by Gasteiger charge is -2.13. The molecule has 0 aliphatic carbocycles. The molecule has 0 aliphatic heterocycles. The van der Waals surface area contributed by atoms with Gasteiger partial charge in [-0.2, -0.15) is 0 Å². The largest absolute Gasteiger partial charge is 0.493 e. The number of hydrogen-bond acceptors (Lipinski definition) is 4. The van der Waals surface area contributed by atoms with Crippen LogP contribution in [0.1, 0.15) is 25.0 Å². The molecule has 9 heteroatoms. The van der Waals surface area contributed by atoms with Crippen LogP contribution in [0.3, 0.4) is 0 Å². The molecule has 0 bridgehead atoms. The Morgan fingerprint density at radius 3 is 2.47 bits per heavy atom. The molecule has 176 valence electrons. The molecule has 7 nitrogen and oxygen atoms in total. The fourth-order valence-electron chi connectivity index (χ4n) is 2.85. The molecule has 0 saturated carbocycles. The van der Waals surface area contributed by atoms with Crippen molar-refractivity contribution in [3.8, 4) is 11.5 Å². The second-order valence-corrected chi connectivity index (χ2v) is 6.73. The zero-order chi connectivity index (χ0) is 22.5. The molecule has 0 aromatic heterocycles. The Balaban J connectivity index is 0.00000512. The normalized spacial score (nSPS) is 10.7. The van der Waals surface area contributed by atoms with E-state index in [0.29, 0.717) is 43.5 Å². The smallest absolute Gasteiger partial charge is 0.257 e. The number of rotatable bonds is 11. The van der Waals surface area contributed by atoms with Crippen LogP contribution < -0.4 is 25.4 Å². The summed E-state index contributed by atoms with van der Waals surface area (Å²) in [6.07, 6.45) is 0.688. The number of benzene rings is 2. The van der Waals surface area contributed by atoms with Crippen LogP contribution in [-0.4, -0.2) is 45.2 Å². The number of halogens is 2. The predicted octanol–water partition coefficient (Wildman–Crippen LogP) is 3.27. The Hall–Kier alpha value is -2.56. The quantitative estimate of drug-likeness (QED) is 0.224. The van der Waals surface area contributed by atoms with Crippen molar-refractivity contribution < 1.29 is 18.7 Å². The Labute approximate surface area is 206 Å². The maximum Gasteiger partial charge on any atom is 0.257 e. The Morgan fingerprint density at radius 2 is 1.78 bits per heavy atom. The molecule has 0 aliphatic rings. The summed E-state index contributed by atoms with van der Waals surface area (Å²) in [4.78, 5) is 16.2. The number of carbonyl (C=O) groups is 1. The van der Waals surface area contributed by atoms with Gasteiger partial charge < -0.3 is 25.4 Å². The summed E-state index contributed by atoms with van der Waals surface area (Å²) in [5, 5.41) is 9.14. The van der Waals surface area contributed by atoms with Gasteiger partial charge >= 0.3 is 0 Å². The van der Waals surface area contributed by atoms with Gasteiger partial charge in [0.15, 0.2) is 24.1 Å². The molecule has 1 amide bonds. The lowest BCUT2D eigenvalue weighted by molar-refractivity contribution is -0.123. The number of aliphatic imine (C=N–C) groups is 1. The Kier molecular flexibility index (Phi) is 13.1. The summed E-state index contributed by atoms with van der Waals surface area (Å²) >= 11 is 0. The number of hydrogen-bond donors (Lipinski definition) is 3. The molecular formula is C23H32FIN4O3. The van der Waals surface area contributed by atoms with Crippen LogP contribution in [0.4, 0.5) is 4.39 Å². The standard InChI is InChI=1S/C23H31FN4O3.HI/c1-4-25-22(29)16-31-20-10-9-18(14-21(20)30-3)15-28-23(26-5-2)27-12-11-17-7-6-8-19(24)13-17;/h6-10,13-14H,4-5,11-12,15-16H2,1-3H3,(H,25,29)(H2,26,27,28);1H. The molecule has 0 heterocycles. The maximum atomic E-state index is 13.3. The first-order valence-electron chi connectivity index (χ1n) is 10.4. The van der Waals surface area contributed by atoms with Crippen molar-refractivity contribution in [2.45, 2.75) is 26.8 Å². The van der Waals surface area contributed by atoms with Crippen molar-refractivity contribution in [3.05, 3.63) is 59.4 Å². The molecular weight excluding hydrogens is 526 g/mol. The van der Waals surface area contributed by atoms with Gasteiger partial charge in [-0.05, 0) is 55.7 Å². The van der Waals surface area contributed by atoms with Crippen molar-refractivity contribution in [2.24, 2.45) is 4.99 Å². The van der Waals surface area contributed by atoms with Crippen molar-refractivity contribution in [2.75, 3.05) is 33.4 Å². The number of carbonyl (C=O) groups excluding carboxylic acids is 1. The van der Waals surface area contributed by atoms with E-state index in [2.05, 4.69) is 20.9 Å². The van der Waals surface area contributed by atoms with E-state index >= 15 is 0 Å². The third kappa shape index (κ3) is 9.71. The Morgan fingerprint density at radius 1 is 1.00 bits per heavy atom. The zero-order valence-corrected chi connectivity index (χ0v) is 21.1. The molecule has 0 radical (unpaired) electrons. The summed E-state index contributed by atoms with van der Waals surface area (Å²) in [6, 6.07) is 12.1. The summed E-state index contributed by atoms with van der Waals surface area (Å²) in [6.45, 7) is 6.12. The number of nitrogens with zero attached hydrogens (tertiary/aromatic N) is 1. The Bertz CT molecular complexity index is 880. The van der Waals surface area contributed by atoms with E-state index in [1.54, 1.807) is 19.2 Å². The molecule has 2 aromatic rings. The first-order chi connectivity index (χ1) is 15.0. The van der Waals surface area contributed by atoms with Crippen LogP contribution >= 0.6 is 24.0 Å². The molecule has 2 aromatic carbocycles. The summed E-state index contributed by atoms with van der Waals surface area (Å²) in [7, 11) is 1.55. The number of amides is 1. The van der Waals surface area contributed by atoms with Gasteiger partial charge in [0.05, 0.1) is 13.7 Å². The fraction of sp³-hybridized carbons (Fsp3) is 0.391. The van der Waals surface area contributed by atoms with E-state index < -0.39 is 0 Å². The summed E-state index contributed by atoms with van der Waals surface area (Å²) < 4.78 is 24.2. The summed E-state index contributed by atoms with van der Waals surface area (Å²) in [5.41, 5.74) is 1.86. The van der Waals surface area contributed by atoms with Crippen molar-refractivity contribution in [1.29, 1.82) is 0 Å². The SMILES string of the molecule is CCNC(=O)COc1ccc(CN=C(NCC)NCCc2cccc(F)c2)cc1OC.I. The van der Waals surface area contributed by atoms with Gasteiger partial charge in [-0.3, -0.25) is 4.79 Å². The minimum atomic E-state index is -0.231. The average molecular weight is 558 g/mol. The van der Waals surface area contributed by atoms with Gasteiger partial charge in [0.1, 0.15) is 5.82 Å². The highest BCUT2D eigenvalue weighted by Crippen LogP contribution is 2.28. The molecule has 2 rings (SSSR count). The molecule has 0 spiro atoms. The van der Waals surface area contributed by atoms with E-state index in [9.17, 15) is 9.18 Å². The van der Waals surface area contributed by atoms with E-state index in [1.807, 2.05) is 32.0 Å². The van der Waals surface area contributed by atoms with E-state index in [1.165, 1.54) is 12.1 Å². The highest BCUT2D eigenvalue weighted by atomic mass is 127. The van der Waals surface area contributed by atoms with Gasteiger partial charge in [-0.15, -0.1) is 24.0 Å². The number of likely N-dealkylation sites (N-methyl/N-ethyl adjacent to an activating group) is 1. The summed E-state index contributed by atoms with van der Waals surface area (Å²) in [5.74, 6) is 1.31. The number of guanidine groups is 1. The highest BCUT2D eigenvalue weighted by molar-refractivity contribution is 14.0.